The van der Waals surface area contributed by atoms with E-state index in [0.29, 0.717) is 12.1 Å². The number of benzene rings is 2. The number of aryl methyl sites for hydroxylation is 1. The molecule has 1 aromatic heterocycles. The van der Waals surface area contributed by atoms with Crippen LogP contribution in [0.2, 0.25) is 0 Å². The molecule has 0 bridgehead atoms. The van der Waals surface area contributed by atoms with Gasteiger partial charge in [-0.25, -0.2) is 0 Å². The summed E-state index contributed by atoms with van der Waals surface area (Å²) in [5, 5.41) is 19.6. The van der Waals surface area contributed by atoms with Crippen LogP contribution in [0.1, 0.15) is 18.1 Å². The van der Waals surface area contributed by atoms with Gasteiger partial charge in [-0.1, -0.05) is 18.2 Å². The second-order valence-corrected chi connectivity index (χ2v) is 5.98. The van der Waals surface area contributed by atoms with E-state index in [-0.39, 0.29) is 5.91 Å². The van der Waals surface area contributed by atoms with Gasteiger partial charge in [0.15, 0.2) is 0 Å². The quantitative estimate of drug-likeness (QED) is 0.741. The first-order chi connectivity index (χ1) is 12.5. The fourth-order valence-electron chi connectivity index (χ4n) is 2.72. The van der Waals surface area contributed by atoms with Crippen molar-refractivity contribution in [3.05, 3.63) is 65.9 Å². The van der Waals surface area contributed by atoms with Gasteiger partial charge >= 0.3 is 0 Å². The van der Waals surface area contributed by atoms with E-state index in [1.54, 1.807) is 16.8 Å². The Balaban J connectivity index is 1.78. The summed E-state index contributed by atoms with van der Waals surface area (Å²) >= 11 is 0. The molecule has 2 N–H and O–H groups in total. The lowest BCUT2D eigenvalue weighted by molar-refractivity contribution is -0.114. The summed E-state index contributed by atoms with van der Waals surface area (Å²) in [5.74, 6) is -0.0995. The molecule has 0 atom stereocenters. The van der Waals surface area contributed by atoms with Crippen LogP contribution in [0.15, 0.2) is 54.7 Å². The van der Waals surface area contributed by atoms with Gasteiger partial charge in [-0.2, -0.15) is 10.4 Å². The van der Waals surface area contributed by atoms with E-state index in [0.717, 1.165) is 28.2 Å². The lowest BCUT2D eigenvalue weighted by Gasteiger charge is -2.09. The number of nitriles is 1. The molecule has 0 spiro atoms. The topological polar surface area (TPSA) is 82.7 Å². The first-order valence-electron chi connectivity index (χ1n) is 8.20. The second kappa shape index (κ2) is 7.53. The van der Waals surface area contributed by atoms with E-state index < -0.39 is 0 Å². The van der Waals surface area contributed by atoms with E-state index in [4.69, 9.17) is 5.26 Å². The van der Waals surface area contributed by atoms with Crippen molar-refractivity contribution in [2.45, 2.75) is 13.5 Å². The Labute approximate surface area is 152 Å². The molecule has 0 saturated carbocycles. The Hall–Kier alpha value is -3.59. The Kier molecular flexibility index (Phi) is 4.99. The Bertz CT molecular complexity index is 967. The van der Waals surface area contributed by atoms with Gasteiger partial charge in [0.2, 0.25) is 5.91 Å². The Morgan fingerprint density at radius 1 is 1.19 bits per heavy atom. The van der Waals surface area contributed by atoms with Crippen molar-refractivity contribution >= 4 is 17.3 Å². The number of rotatable bonds is 5. The zero-order valence-corrected chi connectivity index (χ0v) is 14.7. The van der Waals surface area contributed by atoms with Crippen LogP contribution in [-0.4, -0.2) is 15.7 Å². The minimum Gasteiger partial charge on any atom is -0.381 e. The third kappa shape index (κ3) is 4.08. The number of hydrogen-bond donors (Lipinski definition) is 2. The number of anilines is 2. The summed E-state index contributed by atoms with van der Waals surface area (Å²) in [7, 11) is 1.88. The number of nitrogens with one attached hydrogen (secondary N) is 2. The molecule has 3 aromatic rings. The van der Waals surface area contributed by atoms with Crippen molar-refractivity contribution in [3.8, 4) is 17.3 Å². The highest BCUT2D eigenvalue weighted by Crippen LogP contribution is 2.24. The Morgan fingerprint density at radius 2 is 1.92 bits per heavy atom. The van der Waals surface area contributed by atoms with Gasteiger partial charge in [-0.05, 0) is 30.3 Å². The minimum absolute atomic E-state index is 0.0995. The summed E-state index contributed by atoms with van der Waals surface area (Å²) in [6.45, 7) is 2.08. The van der Waals surface area contributed by atoms with Gasteiger partial charge in [0.25, 0.3) is 0 Å². The molecule has 2 aromatic carbocycles. The van der Waals surface area contributed by atoms with Gasteiger partial charge < -0.3 is 10.6 Å². The summed E-state index contributed by atoms with van der Waals surface area (Å²) < 4.78 is 1.78. The highest BCUT2D eigenvalue weighted by molar-refractivity contribution is 5.89. The highest BCUT2D eigenvalue weighted by atomic mass is 16.1. The van der Waals surface area contributed by atoms with Crippen molar-refractivity contribution in [3.63, 3.8) is 0 Å². The third-order valence-electron chi connectivity index (χ3n) is 3.86. The van der Waals surface area contributed by atoms with Gasteiger partial charge in [-0.3, -0.25) is 9.48 Å². The molecular formula is C20H19N5O. The average molecular weight is 345 g/mol. The second-order valence-electron chi connectivity index (χ2n) is 5.98. The van der Waals surface area contributed by atoms with Crippen molar-refractivity contribution < 1.29 is 4.79 Å². The molecule has 3 rings (SSSR count). The molecule has 0 unspecified atom stereocenters. The lowest BCUT2D eigenvalue weighted by Crippen LogP contribution is -2.06. The monoisotopic (exact) mass is 345 g/mol. The predicted molar refractivity (Wildman–Crippen MR) is 101 cm³/mol. The largest absolute Gasteiger partial charge is 0.381 e. The van der Waals surface area contributed by atoms with Crippen molar-refractivity contribution in [2.75, 3.05) is 10.6 Å². The van der Waals surface area contributed by atoms with Crippen LogP contribution in [0.4, 0.5) is 11.4 Å². The molecule has 6 nitrogen and oxygen atoms in total. The average Bonchev–Trinajstić information content (AvgIpc) is 3.00. The molecule has 130 valence electrons. The van der Waals surface area contributed by atoms with Gasteiger partial charge in [-0.15, -0.1) is 0 Å². The SMILES string of the molecule is CC(=O)Nc1cccc(NCc2cn(C)nc2-c2ccc(C#N)cc2)c1. The number of nitrogens with zero attached hydrogens (tertiary/aromatic N) is 3. The summed E-state index contributed by atoms with van der Waals surface area (Å²) in [6.07, 6.45) is 1.97. The van der Waals surface area contributed by atoms with Gasteiger partial charge in [0.05, 0.1) is 17.3 Å². The zero-order valence-electron chi connectivity index (χ0n) is 14.7. The summed E-state index contributed by atoms with van der Waals surface area (Å²) in [5.41, 5.74) is 5.17. The van der Waals surface area contributed by atoms with Crippen LogP contribution in [0, 0.1) is 11.3 Å². The predicted octanol–water partition coefficient (Wildman–Crippen LogP) is 3.53. The van der Waals surface area contributed by atoms with E-state index in [1.165, 1.54) is 6.92 Å². The highest BCUT2D eigenvalue weighted by Gasteiger charge is 2.10. The maximum absolute atomic E-state index is 11.2. The van der Waals surface area contributed by atoms with E-state index >= 15 is 0 Å². The van der Waals surface area contributed by atoms with Crippen LogP contribution in [0.3, 0.4) is 0 Å². The first-order valence-corrected chi connectivity index (χ1v) is 8.20. The molecule has 0 aliphatic rings. The van der Waals surface area contributed by atoms with E-state index in [2.05, 4.69) is 21.8 Å². The number of hydrogen-bond acceptors (Lipinski definition) is 4. The number of amides is 1. The summed E-state index contributed by atoms with van der Waals surface area (Å²) in [6, 6.07) is 17.1. The van der Waals surface area contributed by atoms with Crippen LogP contribution in [0.5, 0.6) is 0 Å². The van der Waals surface area contributed by atoms with Gasteiger partial charge in [0, 0.05) is 49.2 Å². The van der Waals surface area contributed by atoms with Crippen molar-refractivity contribution in [2.24, 2.45) is 7.05 Å². The zero-order chi connectivity index (χ0) is 18.5. The smallest absolute Gasteiger partial charge is 0.221 e. The summed E-state index contributed by atoms with van der Waals surface area (Å²) in [4.78, 5) is 11.2. The van der Waals surface area contributed by atoms with E-state index in [9.17, 15) is 4.79 Å². The van der Waals surface area contributed by atoms with E-state index in [1.807, 2.05) is 49.6 Å². The number of carbonyl (C=O) groups excluding carboxylic acids is 1. The molecule has 26 heavy (non-hydrogen) atoms. The first kappa shape index (κ1) is 17.2. The van der Waals surface area contributed by atoms with Gasteiger partial charge in [0.1, 0.15) is 0 Å². The molecule has 0 aliphatic heterocycles. The number of carbonyl (C=O) groups is 1. The van der Waals surface area contributed by atoms with Crippen LogP contribution in [0.25, 0.3) is 11.3 Å². The van der Waals surface area contributed by atoms with Crippen LogP contribution >= 0.6 is 0 Å². The number of aromatic nitrogens is 2. The molecule has 1 amide bonds. The fourth-order valence-corrected chi connectivity index (χ4v) is 2.72. The normalized spacial score (nSPS) is 10.2. The fraction of sp³-hybridized carbons (Fsp3) is 0.150. The molecule has 0 aliphatic carbocycles. The molecule has 1 heterocycles. The van der Waals surface area contributed by atoms with Crippen LogP contribution < -0.4 is 10.6 Å². The molecular weight excluding hydrogens is 326 g/mol. The lowest BCUT2D eigenvalue weighted by atomic mass is 10.1. The third-order valence-corrected chi connectivity index (χ3v) is 3.86. The molecule has 0 fully saturated rings. The minimum atomic E-state index is -0.0995. The molecule has 0 radical (unpaired) electrons. The maximum atomic E-state index is 11.2. The van der Waals surface area contributed by atoms with Crippen molar-refractivity contribution in [1.29, 1.82) is 5.26 Å². The standard InChI is InChI=1S/C20H19N5O/c1-14(26)23-19-5-3-4-18(10-19)22-12-17-13-25(2)24-20(17)16-8-6-15(11-21)7-9-16/h3-10,13,22H,12H2,1-2H3,(H,23,26). The van der Waals surface area contributed by atoms with Crippen molar-refractivity contribution in [1.82, 2.24) is 9.78 Å². The van der Waals surface area contributed by atoms with Crippen LogP contribution in [-0.2, 0) is 18.4 Å². The molecule has 6 heteroatoms. The maximum Gasteiger partial charge on any atom is 0.221 e. The molecule has 0 saturated heterocycles. The Morgan fingerprint density at radius 3 is 2.62 bits per heavy atom.